The number of hydrogen-bond acceptors (Lipinski definition) is 3. The van der Waals surface area contributed by atoms with Crippen molar-refractivity contribution >= 4 is 29.9 Å². The van der Waals surface area contributed by atoms with E-state index in [1.807, 2.05) is 7.05 Å². The molecule has 0 bridgehead atoms. The normalized spacial score (nSPS) is 24.6. The number of morpholine rings is 1. The van der Waals surface area contributed by atoms with E-state index >= 15 is 0 Å². The Morgan fingerprint density at radius 3 is 2.46 bits per heavy atom. The zero-order chi connectivity index (χ0) is 19.3. The van der Waals surface area contributed by atoms with Gasteiger partial charge in [0.15, 0.2) is 5.96 Å². The van der Waals surface area contributed by atoms with Crippen LogP contribution in [0.5, 0.6) is 0 Å². The van der Waals surface area contributed by atoms with Crippen molar-refractivity contribution in [1.29, 1.82) is 0 Å². The minimum absolute atomic E-state index is 0. The van der Waals surface area contributed by atoms with Gasteiger partial charge in [-0.2, -0.15) is 0 Å². The van der Waals surface area contributed by atoms with Crippen LogP contribution in [0.1, 0.15) is 38.7 Å². The number of benzene rings is 1. The second-order valence-corrected chi connectivity index (χ2v) is 8.54. The SMILES string of the molecule is CN=C(NCC(C)(C)N1CCOCC1)N1CCC(c2ccccc2)C(C)C1.I. The maximum atomic E-state index is 5.50. The standard InChI is InChI=1S/C22H36N4O.HI/c1-18-16-25(11-10-20(18)19-8-6-5-7-9-19)21(23-4)24-17-22(2,3)26-12-14-27-15-13-26;/h5-9,18,20H,10-17H2,1-4H3,(H,23,24);1H. The van der Waals surface area contributed by atoms with Crippen molar-refractivity contribution in [3.63, 3.8) is 0 Å². The van der Waals surface area contributed by atoms with Crippen LogP contribution in [-0.4, -0.2) is 74.3 Å². The van der Waals surface area contributed by atoms with Crippen LogP contribution in [0.15, 0.2) is 35.3 Å². The van der Waals surface area contributed by atoms with E-state index in [9.17, 15) is 0 Å². The third kappa shape index (κ3) is 5.83. The van der Waals surface area contributed by atoms with E-state index in [2.05, 4.69) is 71.2 Å². The Labute approximate surface area is 187 Å². The van der Waals surface area contributed by atoms with Crippen molar-refractivity contribution in [2.75, 3.05) is 53.0 Å². The van der Waals surface area contributed by atoms with E-state index < -0.39 is 0 Å². The summed E-state index contributed by atoms with van der Waals surface area (Å²) in [5.41, 5.74) is 1.56. The minimum Gasteiger partial charge on any atom is -0.379 e. The van der Waals surface area contributed by atoms with Gasteiger partial charge in [-0.3, -0.25) is 9.89 Å². The fraction of sp³-hybridized carbons (Fsp3) is 0.682. The number of likely N-dealkylation sites (tertiary alicyclic amines) is 1. The van der Waals surface area contributed by atoms with Crippen molar-refractivity contribution in [3.05, 3.63) is 35.9 Å². The summed E-state index contributed by atoms with van der Waals surface area (Å²) >= 11 is 0. The fourth-order valence-corrected chi connectivity index (χ4v) is 4.44. The molecule has 1 aromatic rings. The lowest BCUT2D eigenvalue weighted by Crippen LogP contribution is -2.57. The summed E-state index contributed by atoms with van der Waals surface area (Å²) in [7, 11) is 1.90. The van der Waals surface area contributed by atoms with E-state index in [1.165, 1.54) is 12.0 Å². The number of nitrogens with zero attached hydrogens (tertiary/aromatic N) is 3. The predicted molar refractivity (Wildman–Crippen MR) is 128 cm³/mol. The highest BCUT2D eigenvalue weighted by molar-refractivity contribution is 14.0. The van der Waals surface area contributed by atoms with Gasteiger partial charge in [-0.15, -0.1) is 24.0 Å². The molecule has 0 spiro atoms. The Morgan fingerprint density at radius 2 is 1.86 bits per heavy atom. The van der Waals surface area contributed by atoms with Crippen LogP contribution in [0.25, 0.3) is 0 Å². The van der Waals surface area contributed by atoms with Crippen LogP contribution >= 0.6 is 24.0 Å². The first-order valence-corrected chi connectivity index (χ1v) is 10.3. The molecule has 0 amide bonds. The van der Waals surface area contributed by atoms with Gasteiger partial charge < -0.3 is 15.0 Å². The molecule has 2 aliphatic heterocycles. The Hall–Kier alpha value is -0.860. The molecule has 2 heterocycles. The predicted octanol–water partition coefficient (Wildman–Crippen LogP) is 3.42. The maximum Gasteiger partial charge on any atom is 0.193 e. The van der Waals surface area contributed by atoms with Crippen LogP contribution in [0.4, 0.5) is 0 Å². The van der Waals surface area contributed by atoms with Crippen LogP contribution in [0.2, 0.25) is 0 Å². The Morgan fingerprint density at radius 1 is 1.18 bits per heavy atom. The Balaban J connectivity index is 0.00000280. The van der Waals surface area contributed by atoms with Crippen molar-refractivity contribution in [2.24, 2.45) is 10.9 Å². The Kier molecular flexibility index (Phi) is 9.02. The fourth-order valence-electron chi connectivity index (χ4n) is 4.44. The lowest BCUT2D eigenvalue weighted by Gasteiger charge is -2.43. The molecule has 2 saturated heterocycles. The first kappa shape index (κ1) is 23.4. The van der Waals surface area contributed by atoms with E-state index in [0.717, 1.165) is 51.9 Å². The number of guanidine groups is 1. The molecule has 0 radical (unpaired) electrons. The summed E-state index contributed by atoms with van der Waals surface area (Å²) in [6.45, 7) is 13.7. The van der Waals surface area contributed by atoms with Gasteiger partial charge in [-0.25, -0.2) is 0 Å². The van der Waals surface area contributed by atoms with Crippen LogP contribution in [-0.2, 0) is 4.74 Å². The molecule has 2 fully saturated rings. The van der Waals surface area contributed by atoms with Gasteiger partial charge in [-0.05, 0) is 37.7 Å². The lowest BCUT2D eigenvalue weighted by molar-refractivity contribution is -0.00854. The topological polar surface area (TPSA) is 40.1 Å². The number of nitrogens with one attached hydrogen (secondary N) is 1. The molecule has 1 N–H and O–H groups in total. The van der Waals surface area contributed by atoms with E-state index in [1.54, 1.807) is 0 Å². The van der Waals surface area contributed by atoms with E-state index in [0.29, 0.717) is 11.8 Å². The molecule has 2 unspecified atom stereocenters. The molecule has 28 heavy (non-hydrogen) atoms. The number of rotatable bonds is 4. The number of piperidine rings is 1. The number of ether oxygens (including phenoxy) is 1. The number of halogens is 1. The molecule has 2 atom stereocenters. The third-order valence-electron chi connectivity index (χ3n) is 6.19. The molecule has 6 heteroatoms. The molecule has 3 rings (SSSR count). The molecular weight excluding hydrogens is 463 g/mol. The second-order valence-electron chi connectivity index (χ2n) is 8.54. The van der Waals surface area contributed by atoms with Gasteiger partial charge >= 0.3 is 0 Å². The monoisotopic (exact) mass is 500 g/mol. The zero-order valence-electron chi connectivity index (χ0n) is 17.9. The summed E-state index contributed by atoms with van der Waals surface area (Å²) in [6, 6.07) is 11.0. The van der Waals surface area contributed by atoms with E-state index in [-0.39, 0.29) is 29.5 Å². The molecule has 158 valence electrons. The highest BCUT2D eigenvalue weighted by Gasteiger charge is 2.31. The summed E-state index contributed by atoms with van der Waals surface area (Å²) < 4.78 is 5.50. The molecular formula is C22H37IN4O. The zero-order valence-corrected chi connectivity index (χ0v) is 20.2. The number of aliphatic imine (C=N–C) groups is 1. The number of hydrogen-bond donors (Lipinski definition) is 1. The third-order valence-corrected chi connectivity index (χ3v) is 6.19. The van der Waals surface area contributed by atoms with Crippen molar-refractivity contribution in [3.8, 4) is 0 Å². The highest BCUT2D eigenvalue weighted by Crippen LogP contribution is 2.32. The molecule has 5 nitrogen and oxygen atoms in total. The second kappa shape index (κ2) is 10.8. The first-order chi connectivity index (χ1) is 13.0. The Bertz CT molecular complexity index is 616. The average molecular weight is 500 g/mol. The summed E-state index contributed by atoms with van der Waals surface area (Å²) in [6.07, 6.45) is 1.18. The summed E-state index contributed by atoms with van der Waals surface area (Å²) in [5, 5.41) is 3.65. The molecule has 0 aliphatic carbocycles. The molecule has 0 saturated carbocycles. The smallest absolute Gasteiger partial charge is 0.193 e. The van der Waals surface area contributed by atoms with Crippen molar-refractivity contribution in [2.45, 2.75) is 38.6 Å². The van der Waals surface area contributed by atoms with Gasteiger partial charge in [0.05, 0.1) is 13.2 Å². The largest absolute Gasteiger partial charge is 0.379 e. The van der Waals surface area contributed by atoms with Gasteiger partial charge in [0, 0.05) is 45.3 Å². The summed E-state index contributed by atoms with van der Waals surface area (Å²) in [5.74, 6) is 2.30. The average Bonchev–Trinajstić information content (AvgIpc) is 2.70. The lowest BCUT2D eigenvalue weighted by atomic mass is 9.82. The highest BCUT2D eigenvalue weighted by atomic mass is 127. The maximum absolute atomic E-state index is 5.50. The van der Waals surface area contributed by atoms with Crippen LogP contribution < -0.4 is 5.32 Å². The van der Waals surface area contributed by atoms with Gasteiger partial charge in [0.25, 0.3) is 0 Å². The molecule has 1 aromatic carbocycles. The van der Waals surface area contributed by atoms with Crippen LogP contribution in [0, 0.1) is 5.92 Å². The molecule has 0 aromatic heterocycles. The van der Waals surface area contributed by atoms with Crippen molar-refractivity contribution in [1.82, 2.24) is 15.1 Å². The summed E-state index contributed by atoms with van der Waals surface area (Å²) in [4.78, 5) is 9.53. The van der Waals surface area contributed by atoms with Crippen LogP contribution in [0.3, 0.4) is 0 Å². The first-order valence-electron chi connectivity index (χ1n) is 10.3. The minimum atomic E-state index is 0. The van der Waals surface area contributed by atoms with Gasteiger partial charge in [-0.1, -0.05) is 37.3 Å². The van der Waals surface area contributed by atoms with Gasteiger partial charge in [0.1, 0.15) is 0 Å². The molecule has 2 aliphatic rings. The van der Waals surface area contributed by atoms with E-state index in [4.69, 9.17) is 4.74 Å². The van der Waals surface area contributed by atoms with Crippen molar-refractivity contribution < 1.29 is 4.74 Å². The van der Waals surface area contributed by atoms with Gasteiger partial charge in [0.2, 0.25) is 0 Å². The quantitative estimate of drug-likeness (QED) is 0.391.